The minimum atomic E-state index is -4.82. The van der Waals surface area contributed by atoms with E-state index in [9.17, 15) is 48.3 Å². The van der Waals surface area contributed by atoms with Gasteiger partial charge in [-0.2, -0.15) is 0 Å². The number of carbonyl (C=O) groups is 7. The largest absolute Gasteiger partial charge is 0.524 e. The van der Waals surface area contributed by atoms with Crippen LogP contribution in [-0.2, 0) is 44.5 Å². The minimum absolute atomic E-state index is 0.166. The Labute approximate surface area is 270 Å². The molecule has 19 heteroatoms. The summed E-state index contributed by atoms with van der Waals surface area (Å²) >= 11 is 0. The van der Waals surface area contributed by atoms with E-state index in [1.54, 1.807) is 13.8 Å². The lowest BCUT2D eigenvalue weighted by molar-refractivity contribution is -0.140. The maximum atomic E-state index is 13.4. The number of carboxylic acid groups (broad SMARTS) is 2. The van der Waals surface area contributed by atoms with E-state index >= 15 is 0 Å². The van der Waals surface area contributed by atoms with Crippen LogP contribution in [0.4, 0.5) is 0 Å². The Hall–Kier alpha value is -4.54. The Bertz CT molecular complexity index is 1330. The van der Waals surface area contributed by atoms with Crippen molar-refractivity contribution in [1.29, 1.82) is 0 Å². The summed E-state index contributed by atoms with van der Waals surface area (Å²) in [5, 5.41) is 30.5. The number of hydrogen-bond donors (Lipinski definition) is 9. The maximum Gasteiger partial charge on any atom is 0.524 e. The molecule has 0 saturated carbocycles. The Morgan fingerprint density at radius 3 is 1.64 bits per heavy atom. The van der Waals surface area contributed by atoms with Crippen molar-refractivity contribution in [2.75, 3.05) is 7.05 Å². The molecule has 0 aromatic heterocycles. The molecule has 0 bridgehead atoms. The van der Waals surface area contributed by atoms with Crippen LogP contribution >= 0.6 is 7.82 Å². The Kier molecular flexibility index (Phi) is 16.5. The zero-order valence-electron chi connectivity index (χ0n) is 26.3. The van der Waals surface area contributed by atoms with Crippen LogP contribution in [0.25, 0.3) is 0 Å². The molecular weight excluding hydrogens is 645 g/mol. The van der Waals surface area contributed by atoms with Gasteiger partial charge in [-0.25, -0.2) is 4.57 Å². The molecule has 18 nitrogen and oxygen atoms in total. The lowest BCUT2D eigenvalue weighted by Gasteiger charge is -2.27. The van der Waals surface area contributed by atoms with E-state index in [4.69, 9.17) is 9.79 Å². The third-order valence-electron chi connectivity index (χ3n) is 6.88. The molecule has 0 radical (unpaired) electrons. The lowest BCUT2D eigenvalue weighted by Crippen LogP contribution is -2.59. The molecule has 1 aromatic rings. The summed E-state index contributed by atoms with van der Waals surface area (Å²) in [5.41, 5.74) is 0.404. The molecule has 0 aliphatic heterocycles. The fourth-order valence-electron chi connectivity index (χ4n) is 4.24. The SMILES string of the molecule is CC[C@@H](C)[C@H](NC(=O)[C@H](CCC(=O)O)NC(=O)[C@H](CCC(=O)O)NC(=O)[C@H](Cc1ccc(OP(=O)(O)O)cc1)NC(C)=O)C(=O)NC. The predicted octanol–water partition coefficient (Wildman–Crippen LogP) is -0.819. The molecule has 5 atom stereocenters. The summed E-state index contributed by atoms with van der Waals surface area (Å²) in [5.74, 6) is -7.05. The summed E-state index contributed by atoms with van der Waals surface area (Å²) in [6.07, 6.45) is -1.67. The van der Waals surface area contributed by atoms with Crippen LogP contribution in [0, 0.1) is 5.92 Å². The predicted molar refractivity (Wildman–Crippen MR) is 163 cm³/mol. The van der Waals surface area contributed by atoms with E-state index < -0.39 is 99.1 Å². The van der Waals surface area contributed by atoms with Gasteiger partial charge in [-0.1, -0.05) is 32.4 Å². The van der Waals surface area contributed by atoms with Crippen LogP contribution in [0.5, 0.6) is 5.75 Å². The van der Waals surface area contributed by atoms with Gasteiger partial charge in [0, 0.05) is 33.2 Å². The van der Waals surface area contributed by atoms with Crippen LogP contribution in [0.1, 0.15) is 58.4 Å². The quantitative estimate of drug-likeness (QED) is 0.0759. The van der Waals surface area contributed by atoms with Crippen molar-refractivity contribution in [1.82, 2.24) is 26.6 Å². The fraction of sp³-hybridized carbons (Fsp3) is 0.536. The standard InChI is InChI=1S/C28H42N5O13P/c1-5-15(2)24(28(42)29-4)33-26(40)20(11-13-23(37)38)31-25(39)19(10-12-22(35)36)32-27(41)21(30-16(3)34)14-17-6-8-18(9-7-17)46-47(43,44)45/h6-9,15,19-21,24H,5,10-14H2,1-4H3,(H,29,42)(H,30,34)(H,31,39)(H,32,41)(H,33,40)(H,35,36)(H,37,38)(H2,43,44,45)/t15-,19+,20+,21+,24+/m1/s1. The number of hydrogen-bond acceptors (Lipinski definition) is 9. The van der Waals surface area contributed by atoms with Crippen LogP contribution in [0.15, 0.2) is 24.3 Å². The Morgan fingerprint density at radius 1 is 0.766 bits per heavy atom. The fourth-order valence-corrected chi connectivity index (χ4v) is 4.64. The summed E-state index contributed by atoms with van der Waals surface area (Å²) in [6, 6.07) is -0.178. The van der Waals surface area contributed by atoms with Crippen LogP contribution < -0.4 is 31.1 Å². The van der Waals surface area contributed by atoms with Crippen molar-refractivity contribution in [2.45, 2.75) is 83.5 Å². The lowest BCUT2D eigenvalue weighted by atomic mass is 9.97. The number of aliphatic carboxylic acids is 2. The van der Waals surface area contributed by atoms with E-state index in [1.165, 1.54) is 31.3 Å². The van der Waals surface area contributed by atoms with Crippen molar-refractivity contribution in [3.8, 4) is 5.75 Å². The van der Waals surface area contributed by atoms with Gasteiger partial charge in [-0.05, 0) is 36.5 Å². The third-order valence-corrected chi connectivity index (χ3v) is 7.33. The average molecular weight is 688 g/mol. The Morgan fingerprint density at radius 2 is 1.23 bits per heavy atom. The Balaban J connectivity index is 3.26. The normalized spacial score (nSPS) is 14.3. The highest BCUT2D eigenvalue weighted by molar-refractivity contribution is 7.46. The molecule has 0 saturated heterocycles. The summed E-state index contributed by atoms with van der Waals surface area (Å²) < 4.78 is 15.5. The van der Waals surface area contributed by atoms with Gasteiger partial charge in [-0.3, -0.25) is 43.3 Å². The number of nitrogens with one attached hydrogen (secondary N) is 5. The zero-order valence-corrected chi connectivity index (χ0v) is 27.2. The van der Waals surface area contributed by atoms with Crippen molar-refractivity contribution in [3.05, 3.63) is 29.8 Å². The second-order valence-corrected chi connectivity index (χ2v) is 11.8. The molecule has 0 spiro atoms. The second kappa shape index (κ2) is 19.2. The molecular formula is C28H42N5O13P. The molecule has 1 aromatic carbocycles. The van der Waals surface area contributed by atoms with E-state index in [0.717, 1.165) is 6.92 Å². The van der Waals surface area contributed by atoms with Gasteiger partial charge < -0.3 is 41.3 Å². The van der Waals surface area contributed by atoms with E-state index in [0.29, 0.717) is 12.0 Å². The number of phosphoric acid groups is 1. The van der Waals surface area contributed by atoms with Gasteiger partial charge >= 0.3 is 19.8 Å². The first-order chi connectivity index (χ1) is 21.9. The first-order valence-electron chi connectivity index (χ1n) is 14.5. The van der Waals surface area contributed by atoms with Gasteiger partial charge in [0.25, 0.3) is 0 Å². The zero-order chi connectivity index (χ0) is 35.9. The molecule has 47 heavy (non-hydrogen) atoms. The monoisotopic (exact) mass is 687 g/mol. The number of benzene rings is 1. The van der Waals surface area contributed by atoms with Gasteiger partial charge in [0.1, 0.15) is 29.9 Å². The summed E-state index contributed by atoms with van der Waals surface area (Å²) in [6.45, 7) is 4.62. The van der Waals surface area contributed by atoms with Crippen molar-refractivity contribution in [2.24, 2.45) is 5.92 Å². The number of phosphoric ester groups is 1. The maximum absolute atomic E-state index is 13.4. The third kappa shape index (κ3) is 15.5. The van der Waals surface area contributed by atoms with Crippen molar-refractivity contribution in [3.63, 3.8) is 0 Å². The van der Waals surface area contributed by atoms with Gasteiger partial charge in [0.05, 0.1) is 0 Å². The van der Waals surface area contributed by atoms with E-state index in [1.807, 2.05) is 0 Å². The number of rotatable bonds is 20. The van der Waals surface area contributed by atoms with Crippen LogP contribution in [0.3, 0.4) is 0 Å². The van der Waals surface area contributed by atoms with Gasteiger partial charge in [0.15, 0.2) is 0 Å². The van der Waals surface area contributed by atoms with E-state index in [-0.39, 0.29) is 18.1 Å². The number of carbonyl (C=O) groups excluding carboxylic acids is 5. The molecule has 0 aliphatic rings. The first-order valence-corrected chi connectivity index (χ1v) is 16.1. The van der Waals surface area contributed by atoms with Crippen molar-refractivity contribution < 1.29 is 62.7 Å². The van der Waals surface area contributed by atoms with Crippen LogP contribution in [0.2, 0.25) is 0 Å². The first kappa shape index (κ1) is 40.5. The molecule has 9 N–H and O–H groups in total. The number of amides is 5. The molecule has 0 aliphatic carbocycles. The highest BCUT2D eigenvalue weighted by Crippen LogP contribution is 2.37. The van der Waals surface area contributed by atoms with Gasteiger partial charge in [0.2, 0.25) is 29.5 Å². The molecule has 5 amide bonds. The average Bonchev–Trinajstić information content (AvgIpc) is 2.98. The number of likely N-dealkylation sites (N-methyl/N-ethyl adjacent to an activating group) is 1. The number of carboxylic acids is 2. The molecule has 0 unspecified atom stereocenters. The van der Waals surface area contributed by atoms with Crippen LogP contribution in [-0.4, -0.2) is 92.7 Å². The molecule has 262 valence electrons. The highest BCUT2D eigenvalue weighted by atomic mass is 31.2. The molecule has 0 fully saturated rings. The summed E-state index contributed by atoms with van der Waals surface area (Å²) in [4.78, 5) is 105. The van der Waals surface area contributed by atoms with Crippen molar-refractivity contribution >= 4 is 49.3 Å². The molecule has 0 heterocycles. The minimum Gasteiger partial charge on any atom is -0.481 e. The van der Waals surface area contributed by atoms with E-state index in [2.05, 4.69) is 31.1 Å². The second-order valence-electron chi connectivity index (χ2n) is 10.7. The highest BCUT2D eigenvalue weighted by Gasteiger charge is 2.33. The smallest absolute Gasteiger partial charge is 0.481 e. The summed E-state index contributed by atoms with van der Waals surface area (Å²) in [7, 11) is -3.45. The van der Waals surface area contributed by atoms with Gasteiger partial charge in [-0.15, -0.1) is 0 Å². The topological polar surface area (TPSA) is 287 Å². The molecule has 1 rings (SSSR count).